The molecule has 0 N–H and O–H groups in total. The van der Waals surface area contributed by atoms with E-state index in [9.17, 15) is 4.79 Å². The summed E-state index contributed by atoms with van der Waals surface area (Å²) in [5.74, 6) is 0.785. The monoisotopic (exact) mass is 375 g/mol. The van der Waals surface area contributed by atoms with Gasteiger partial charge in [-0.1, -0.05) is 12.1 Å². The zero-order valence-corrected chi connectivity index (χ0v) is 15.9. The summed E-state index contributed by atoms with van der Waals surface area (Å²) in [7, 11) is 3.46. The topological polar surface area (TPSA) is 73.1 Å². The molecular weight excluding hydrogens is 354 g/mol. The highest BCUT2D eigenvalue weighted by atomic mass is 16.5. The Morgan fingerprint density at radius 3 is 3.00 bits per heavy atom. The molecule has 1 aromatic carbocycles. The van der Waals surface area contributed by atoms with Gasteiger partial charge in [0, 0.05) is 36.8 Å². The molecule has 2 aliphatic rings. The lowest BCUT2D eigenvalue weighted by Gasteiger charge is -2.35. The van der Waals surface area contributed by atoms with Crippen molar-refractivity contribution in [3.63, 3.8) is 0 Å². The van der Waals surface area contributed by atoms with Crippen molar-refractivity contribution in [1.82, 2.24) is 24.6 Å². The van der Waals surface area contributed by atoms with E-state index in [1.54, 1.807) is 18.1 Å². The second-order valence-corrected chi connectivity index (χ2v) is 7.36. The second-order valence-electron chi connectivity index (χ2n) is 7.36. The highest BCUT2D eigenvalue weighted by molar-refractivity contribution is 5.94. The molecule has 2 unspecified atom stereocenters. The van der Waals surface area contributed by atoms with Crippen LogP contribution in [0.3, 0.4) is 0 Å². The third-order valence-corrected chi connectivity index (χ3v) is 5.82. The number of carbonyl (C=O) groups excluding carboxylic acids is 1. The SMILES string of the molecule is COc1cccc(-c2cc(C(=O)N3C4CCC3c3cncnc3C4)n(C)n2)c1. The lowest BCUT2D eigenvalue weighted by molar-refractivity contribution is 0.0632. The Bertz CT molecular complexity index is 1060. The maximum atomic E-state index is 13.5. The maximum absolute atomic E-state index is 13.5. The van der Waals surface area contributed by atoms with E-state index in [1.165, 1.54) is 0 Å². The van der Waals surface area contributed by atoms with Crippen molar-refractivity contribution in [2.75, 3.05) is 7.11 Å². The van der Waals surface area contributed by atoms with Crippen LogP contribution in [0.2, 0.25) is 0 Å². The van der Waals surface area contributed by atoms with E-state index in [1.807, 2.05) is 48.5 Å². The number of fused-ring (bicyclic) bond motifs is 4. The van der Waals surface area contributed by atoms with Gasteiger partial charge in [0.15, 0.2) is 0 Å². The molecule has 2 aromatic heterocycles. The lowest BCUT2D eigenvalue weighted by atomic mass is 9.99. The number of benzene rings is 1. The molecule has 7 heteroatoms. The van der Waals surface area contributed by atoms with Crippen LogP contribution in [-0.2, 0) is 13.5 Å². The summed E-state index contributed by atoms with van der Waals surface area (Å²) in [5, 5.41) is 4.58. The van der Waals surface area contributed by atoms with Gasteiger partial charge in [-0.3, -0.25) is 9.48 Å². The zero-order chi connectivity index (χ0) is 19.3. The van der Waals surface area contributed by atoms with Crippen molar-refractivity contribution in [2.45, 2.75) is 31.3 Å². The average molecular weight is 375 g/mol. The molecule has 2 aliphatic heterocycles. The molecule has 1 amide bonds. The highest BCUT2D eigenvalue weighted by Crippen LogP contribution is 2.43. The van der Waals surface area contributed by atoms with Crippen molar-refractivity contribution in [2.24, 2.45) is 7.05 Å². The van der Waals surface area contributed by atoms with E-state index in [-0.39, 0.29) is 18.0 Å². The molecule has 2 atom stereocenters. The standard InChI is InChI=1S/C21H21N5O2/c1-25-20(10-17(24-25)13-4-3-5-15(8-13)28-2)21(27)26-14-6-7-19(26)16-11-22-12-23-18(16)9-14/h3-5,8,10-12,14,19H,6-7,9H2,1-2H3. The second kappa shape index (κ2) is 6.44. The van der Waals surface area contributed by atoms with Gasteiger partial charge in [-0.05, 0) is 31.0 Å². The van der Waals surface area contributed by atoms with E-state index < -0.39 is 0 Å². The van der Waals surface area contributed by atoms with Crippen LogP contribution >= 0.6 is 0 Å². The van der Waals surface area contributed by atoms with Crippen LogP contribution in [0.1, 0.15) is 40.6 Å². The third kappa shape index (κ3) is 2.58. The van der Waals surface area contributed by atoms with Gasteiger partial charge in [-0.2, -0.15) is 5.10 Å². The number of hydrogen-bond donors (Lipinski definition) is 0. The van der Waals surface area contributed by atoms with Crippen LogP contribution in [-0.4, -0.2) is 43.7 Å². The van der Waals surface area contributed by atoms with Gasteiger partial charge >= 0.3 is 0 Å². The third-order valence-electron chi connectivity index (χ3n) is 5.82. The average Bonchev–Trinajstić information content (AvgIpc) is 3.27. The summed E-state index contributed by atoms with van der Waals surface area (Å²) < 4.78 is 6.98. The molecule has 1 fully saturated rings. The first-order valence-electron chi connectivity index (χ1n) is 9.45. The molecule has 142 valence electrons. The van der Waals surface area contributed by atoms with Crippen LogP contribution in [0.5, 0.6) is 5.75 Å². The molecule has 1 saturated heterocycles. The Kier molecular flexibility index (Phi) is 3.89. The van der Waals surface area contributed by atoms with Crippen LogP contribution in [0.4, 0.5) is 0 Å². The van der Waals surface area contributed by atoms with Gasteiger partial charge in [0.05, 0.1) is 24.5 Å². The Balaban J connectivity index is 1.49. The van der Waals surface area contributed by atoms with Gasteiger partial charge in [-0.25, -0.2) is 9.97 Å². The number of amides is 1. The van der Waals surface area contributed by atoms with Crippen LogP contribution in [0.15, 0.2) is 42.9 Å². The quantitative estimate of drug-likeness (QED) is 0.704. The van der Waals surface area contributed by atoms with Gasteiger partial charge in [0.1, 0.15) is 17.8 Å². The molecule has 0 radical (unpaired) electrons. The minimum Gasteiger partial charge on any atom is -0.497 e. The Morgan fingerprint density at radius 1 is 1.25 bits per heavy atom. The number of hydrogen-bond acceptors (Lipinski definition) is 5. The molecule has 5 rings (SSSR count). The van der Waals surface area contributed by atoms with Gasteiger partial charge in [0.2, 0.25) is 0 Å². The van der Waals surface area contributed by atoms with Crippen molar-refractivity contribution >= 4 is 5.91 Å². The minimum atomic E-state index is 0.0196. The summed E-state index contributed by atoms with van der Waals surface area (Å²) >= 11 is 0. The Labute approximate surface area is 163 Å². The van der Waals surface area contributed by atoms with Gasteiger partial charge < -0.3 is 9.64 Å². The minimum absolute atomic E-state index is 0.0196. The number of aromatic nitrogens is 4. The highest BCUT2D eigenvalue weighted by Gasteiger charge is 2.44. The van der Waals surface area contributed by atoms with Gasteiger partial charge in [-0.15, -0.1) is 0 Å². The molecule has 2 bridgehead atoms. The Morgan fingerprint density at radius 2 is 2.14 bits per heavy atom. The molecule has 28 heavy (non-hydrogen) atoms. The van der Waals surface area contributed by atoms with Crippen LogP contribution < -0.4 is 4.74 Å². The molecule has 0 spiro atoms. The summed E-state index contributed by atoms with van der Waals surface area (Å²) in [6.45, 7) is 0. The molecular formula is C21H21N5O2. The van der Waals surface area contributed by atoms with E-state index in [0.29, 0.717) is 5.69 Å². The van der Waals surface area contributed by atoms with Gasteiger partial charge in [0.25, 0.3) is 5.91 Å². The summed E-state index contributed by atoms with van der Waals surface area (Å²) in [6.07, 6.45) is 6.20. The largest absolute Gasteiger partial charge is 0.497 e. The number of ether oxygens (including phenoxy) is 1. The summed E-state index contributed by atoms with van der Waals surface area (Å²) in [6, 6.07) is 9.82. The maximum Gasteiger partial charge on any atom is 0.272 e. The first-order valence-corrected chi connectivity index (χ1v) is 9.45. The molecule has 3 aromatic rings. The summed E-state index contributed by atoms with van der Waals surface area (Å²) in [4.78, 5) is 24.1. The first kappa shape index (κ1) is 16.9. The number of aryl methyl sites for hydroxylation is 1. The van der Waals surface area contributed by atoms with E-state index in [4.69, 9.17) is 4.74 Å². The molecule has 7 nitrogen and oxygen atoms in total. The lowest BCUT2D eigenvalue weighted by Crippen LogP contribution is -2.42. The number of carbonyl (C=O) groups is 1. The predicted octanol–water partition coefficient (Wildman–Crippen LogP) is 2.79. The normalized spacial score (nSPS) is 20.1. The fourth-order valence-electron chi connectivity index (χ4n) is 4.46. The van der Waals surface area contributed by atoms with E-state index >= 15 is 0 Å². The van der Waals surface area contributed by atoms with Crippen molar-refractivity contribution < 1.29 is 9.53 Å². The van der Waals surface area contributed by atoms with Crippen molar-refractivity contribution in [3.8, 4) is 17.0 Å². The Hall–Kier alpha value is -3.22. The van der Waals surface area contributed by atoms with Crippen LogP contribution in [0, 0.1) is 0 Å². The predicted molar refractivity (Wildman–Crippen MR) is 103 cm³/mol. The molecule has 4 heterocycles. The first-order chi connectivity index (χ1) is 13.7. The number of rotatable bonds is 3. The smallest absolute Gasteiger partial charge is 0.272 e. The zero-order valence-electron chi connectivity index (χ0n) is 15.9. The van der Waals surface area contributed by atoms with E-state index in [0.717, 1.165) is 47.5 Å². The fraction of sp³-hybridized carbons (Fsp3) is 0.333. The molecule has 0 saturated carbocycles. The number of methoxy groups -OCH3 is 1. The van der Waals surface area contributed by atoms with Crippen molar-refractivity contribution in [3.05, 3.63) is 59.8 Å². The molecule has 0 aliphatic carbocycles. The summed E-state index contributed by atoms with van der Waals surface area (Å²) in [5.41, 5.74) is 4.44. The number of nitrogens with zero attached hydrogens (tertiary/aromatic N) is 5. The van der Waals surface area contributed by atoms with Crippen LogP contribution in [0.25, 0.3) is 11.3 Å². The van der Waals surface area contributed by atoms with Crippen molar-refractivity contribution in [1.29, 1.82) is 0 Å². The van der Waals surface area contributed by atoms with E-state index in [2.05, 4.69) is 15.1 Å². The fourth-order valence-corrected chi connectivity index (χ4v) is 4.46.